The summed E-state index contributed by atoms with van der Waals surface area (Å²) in [5.74, 6) is 0.586. The fourth-order valence-corrected chi connectivity index (χ4v) is 5.91. The Bertz CT molecular complexity index is 2440. The number of nitrogens with zero attached hydrogens (tertiary/aromatic N) is 5. The zero-order valence-corrected chi connectivity index (χ0v) is 21.1. The number of para-hydroxylation sites is 3. The van der Waals surface area contributed by atoms with Gasteiger partial charge >= 0.3 is 0 Å². The predicted molar refractivity (Wildman–Crippen MR) is 160 cm³/mol. The summed E-state index contributed by atoms with van der Waals surface area (Å²) in [5, 5.41) is 5.04. The molecule has 0 radical (unpaired) electrons. The first-order valence-corrected chi connectivity index (χ1v) is 13.2. The molecule has 0 fully saturated rings. The molecule has 6 heteroatoms. The van der Waals surface area contributed by atoms with Crippen LogP contribution in [0, 0.1) is 0 Å². The van der Waals surface area contributed by atoms with Gasteiger partial charge in [0.2, 0.25) is 5.95 Å². The van der Waals surface area contributed by atoms with E-state index in [0.29, 0.717) is 11.5 Å². The van der Waals surface area contributed by atoms with Crippen molar-refractivity contribution in [2.24, 2.45) is 0 Å². The number of benzene rings is 4. The van der Waals surface area contributed by atoms with Crippen molar-refractivity contribution in [1.82, 2.24) is 24.5 Å². The summed E-state index contributed by atoms with van der Waals surface area (Å²) >= 11 is 0. The number of fused-ring (bicyclic) bond motifs is 10. The fraction of sp³-hybridized carbons (Fsp3) is 0. The maximum Gasteiger partial charge on any atom is 0.235 e. The molecule has 0 spiro atoms. The Morgan fingerprint density at radius 3 is 2.15 bits per heavy atom. The Balaban J connectivity index is 1.45. The molecule has 186 valence electrons. The van der Waals surface area contributed by atoms with E-state index in [1.807, 2.05) is 79.1 Å². The lowest BCUT2D eigenvalue weighted by Crippen LogP contribution is -2.04. The maximum atomic E-state index is 6.33. The first kappa shape index (κ1) is 21.3. The van der Waals surface area contributed by atoms with Gasteiger partial charge in [-0.05, 0) is 18.2 Å². The van der Waals surface area contributed by atoms with E-state index in [2.05, 4.69) is 41.0 Å². The summed E-state index contributed by atoms with van der Waals surface area (Å²) in [5.41, 5.74) is 7.72. The normalized spacial score (nSPS) is 12.0. The topological polar surface area (TPSA) is 69.6 Å². The second kappa shape index (κ2) is 7.94. The van der Waals surface area contributed by atoms with Crippen LogP contribution in [0.2, 0.25) is 0 Å². The number of pyridine rings is 2. The number of rotatable bonds is 2. The molecule has 6 nitrogen and oxygen atoms in total. The SMILES string of the molecule is c1ccc(-c2nc(-n3c4ccccc4c4cnc5c(ncc6c7ccccc7oc65)c43)nc3ccccc23)cc1. The van der Waals surface area contributed by atoms with Crippen molar-refractivity contribution in [2.45, 2.75) is 0 Å². The Kier molecular flexibility index (Phi) is 4.24. The third-order valence-corrected chi connectivity index (χ3v) is 7.70. The molecule has 0 aliphatic rings. The van der Waals surface area contributed by atoms with Gasteiger partial charge in [0.05, 0.1) is 22.2 Å². The van der Waals surface area contributed by atoms with E-state index in [1.165, 1.54) is 0 Å². The summed E-state index contributed by atoms with van der Waals surface area (Å²) in [6, 6.07) is 34.7. The number of hydrogen-bond acceptors (Lipinski definition) is 5. The summed E-state index contributed by atoms with van der Waals surface area (Å²) in [6.45, 7) is 0. The molecular weight excluding hydrogens is 494 g/mol. The summed E-state index contributed by atoms with van der Waals surface area (Å²) in [7, 11) is 0. The quantitative estimate of drug-likeness (QED) is 0.233. The zero-order valence-electron chi connectivity index (χ0n) is 21.1. The second-order valence-electron chi connectivity index (χ2n) is 9.92. The molecule has 0 aliphatic carbocycles. The first-order valence-electron chi connectivity index (χ1n) is 13.2. The predicted octanol–water partition coefficient (Wildman–Crippen LogP) is 8.24. The molecule has 0 saturated carbocycles. The van der Waals surface area contributed by atoms with E-state index in [-0.39, 0.29) is 0 Å². The van der Waals surface area contributed by atoms with Crippen LogP contribution in [0.1, 0.15) is 0 Å². The number of hydrogen-bond donors (Lipinski definition) is 0. The van der Waals surface area contributed by atoms with Crippen molar-refractivity contribution < 1.29 is 4.42 Å². The first-order chi connectivity index (χ1) is 19.8. The van der Waals surface area contributed by atoms with Crippen LogP contribution < -0.4 is 0 Å². The highest BCUT2D eigenvalue weighted by molar-refractivity contribution is 6.21. The van der Waals surface area contributed by atoms with E-state index in [9.17, 15) is 0 Å². The van der Waals surface area contributed by atoms with Crippen LogP contribution in [0.5, 0.6) is 0 Å². The molecule has 9 aromatic rings. The maximum absolute atomic E-state index is 6.33. The lowest BCUT2D eigenvalue weighted by atomic mass is 10.1. The highest BCUT2D eigenvalue weighted by Crippen LogP contribution is 2.39. The van der Waals surface area contributed by atoms with E-state index in [1.54, 1.807) is 0 Å². The lowest BCUT2D eigenvalue weighted by Gasteiger charge is -2.12. The molecular formula is C34H19N5O. The van der Waals surface area contributed by atoms with Crippen LogP contribution in [0.25, 0.3) is 82.9 Å². The summed E-state index contributed by atoms with van der Waals surface area (Å²) in [4.78, 5) is 20.2. The molecule has 5 heterocycles. The van der Waals surface area contributed by atoms with Gasteiger partial charge in [0.25, 0.3) is 0 Å². The largest absolute Gasteiger partial charge is 0.454 e. The molecule has 0 unspecified atom stereocenters. The second-order valence-corrected chi connectivity index (χ2v) is 9.92. The lowest BCUT2D eigenvalue weighted by molar-refractivity contribution is 0.671. The van der Waals surface area contributed by atoms with Gasteiger partial charge in [-0.25, -0.2) is 15.0 Å². The molecule has 0 amide bonds. The Labute approximate surface area is 227 Å². The van der Waals surface area contributed by atoms with E-state index in [0.717, 1.165) is 71.4 Å². The monoisotopic (exact) mass is 513 g/mol. The van der Waals surface area contributed by atoms with Gasteiger partial charge in [-0.3, -0.25) is 9.55 Å². The summed E-state index contributed by atoms with van der Waals surface area (Å²) in [6.07, 6.45) is 3.81. The van der Waals surface area contributed by atoms with Gasteiger partial charge in [-0.2, -0.15) is 0 Å². The highest BCUT2D eigenvalue weighted by Gasteiger charge is 2.22. The smallest absolute Gasteiger partial charge is 0.235 e. The third-order valence-electron chi connectivity index (χ3n) is 7.70. The van der Waals surface area contributed by atoms with Crippen molar-refractivity contribution >= 4 is 65.7 Å². The zero-order chi connectivity index (χ0) is 26.2. The number of furan rings is 1. The van der Waals surface area contributed by atoms with Crippen LogP contribution >= 0.6 is 0 Å². The molecule has 0 atom stereocenters. The molecule has 0 N–H and O–H groups in total. The highest BCUT2D eigenvalue weighted by atomic mass is 16.3. The van der Waals surface area contributed by atoms with E-state index in [4.69, 9.17) is 24.4 Å². The van der Waals surface area contributed by atoms with Crippen LogP contribution in [-0.4, -0.2) is 24.5 Å². The standard InChI is InChI=1S/C34H19N5O/c1-2-10-20(11-3-1)29-23-14-4-7-15-26(23)37-34(38-29)39-27-16-8-5-12-21(27)24-18-36-31-30(32(24)39)35-19-25-22-13-6-9-17-28(22)40-33(25)31/h1-19H. The van der Waals surface area contributed by atoms with Crippen LogP contribution in [0.15, 0.2) is 120 Å². The Morgan fingerprint density at radius 2 is 1.25 bits per heavy atom. The molecule has 5 aromatic heterocycles. The molecule has 0 saturated heterocycles. The summed E-state index contributed by atoms with van der Waals surface area (Å²) < 4.78 is 8.45. The van der Waals surface area contributed by atoms with Gasteiger partial charge in [0.15, 0.2) is 5.58 Å². The van der Waals surface area contributed by atoms with Gasteiger partial charge in [0.1, 0.15) is 16.6 Å². The van der Waals surface area contributed by atoms with E-state index < -0.39 is 0 Å². The average molecular weight is 514 g/mol. The molecule has 9 rings (SSSR count). The van der Waals surface area contributed by atoms with Crippen molar-refractivity contribution in [3.05, 3.63) is 116 Å². The van der Waals surface area contributed by atoms with Crippen LogP contribution in [0.4, 0.5) is 0 Å². The van der Waals surface area contributed by atoms with Crippen molar-refractivity contribution in [3.8, 4) is 17.2 Å². The molecule has 0 bridgehead atoms. The van der Waals surface area contributed by atoms with Gasteiger partial charge in [0, 0.05) is 44.9 Å². The van der Waals surface area contributed by atoms with E-state index >= 15 is 0 Å². The Hall–Kier alpha value is -5.62. The van der Waals surface area contributed by atoms with Crippen molar-refractivity contribution in [1.29, 1.82) is 0 Å². The minimum Gasteiger partial charge on any atom is -0.454 e. The molecule has 4 aromatic carbocycles. The van der Waals surface area contributed by atoms with Gasteiger partial charge < -0.3 is 4.42 Å². The molecule has 40 heavy (non-hydrogen) atoms. The van der Waals surface area contributed by atoms with Gasteiger partial charge in [-0.15, -0.1) is 0 Å². The van der Waals surface area contributed by atoms with Crippen molar-refractivity contribution in [2.75, 3.05) is 0 Å². The van der Waals surface area contributed by atoms with Crippen LogP contribution in [-0.2, 0) is 0 Å². The van der Waals surface area contributed by atoms with Crippen molar-refractivity contribution in [3.63, 3.8) is 0 Å². The number of aromatic nitrogens is 5. The minimum atomic E-state index is 0.586. The van der Waals surface area contributed by atoms with Gasteiger partial charge in [-0.1, -0.05) is 84.9 Å². The average Bonchev–Trinajstić information content (AvgIpc) is 3.57. The Morgan fingerprint density at radius 1 is 0.550 bits per heavy atom. The molecule has 0 aliphatic heterocycles. The fourth-order valence-electron chi connectivity index (χ4n) is 5.91. The van der Waals surface area contributed by atoms with Crippen LogP contribution in [0.3, 0.4) is 0 Å². The third kappa shape index (κ3) is 2.87. The minimum absolute atomic E-state index is 0.586.